The molecule has 0 bridgehead atoms. The molecule has 8 nitrogen and oxygen atoms in total. The normalized spacial score (nSPS) is 23.8. The number of carboxylic acid groups (broad SMARTS) is 1. The van der Waals surface area contributed by atoms with E-state index in [0.29, 0.717) is 32.4 Å². The Morgan fingerprint density at radius 1 is 1.18 bits per heavy atom. The number of nitrogens with zero attached hydrogens (tertiary/aromatic N) is 5. The van der Waals surface area contributed by atoms with Crippen LogP contribution in [-0.4, -0.2) is 63.0 Å². The number of hydrogen-bond donors (Lipinski definition) is 1. The molecule has 2 aliphatic rings. The third kappa shape index (κ3) is 3.84. The lowest BCUT2D eigenvalue weighted by Crippen LogP contribution is -2.37. The molecule has 2 unspecified atom stereocenters. The molecule has 4 rings (SSSR count). The van der Waals surface area contributed by atoms with Crippen LogP contribution in [0.2, 0.25) is 0 Å². The van der Waals surface area contributed by atoms with Crippen molar-refractivity contribution >= 4 is 28.3 Å². The van der Waals surface area contributed by atoms with Gasteiger partial charge in [-0.05, 0) is 12.8 Å². The van der Waals surface area contributed by atoms with Crippen molar-refractivity contribution in [1.29, 1.82) is 0 Å². The average molecular weight is 401 g/mol. The number of aromatic nitrogens is 3. The highest BCUT2D eigenvalue weighted by Gasteiger charge is 2.53. The van der Waals surface area contributed by atoms with E-state index in [1.165, 1.54) is 0 Å². The predicted molar refractivity (Wildman–Crippen MR) is 104 cm³/mol. The van der Waals surface area contributed by atoms with Crippen molar-refractivity contribution in [3.05, 3.63) is 35.9 Å². The molecule has 4 heterocycles. The number of aryl methyl sites for hydroxylation is 1. The number of carbonyl (C=O) groups is 2. The Morgan fingerprint density at radius 3 is 2.79 bits per heavy atom. The number of anilines is 1. The van der Waals surface area contributed by atoms with Gasteiger partial charge in [-0.15, -0.1) is 11.3 Å². The molecule has 28 heavy (non-hydrogen) atoms. The van der Waals surface area contributed by atoms with Gasteiger partial charge in [-0.25, -0.2) is 4.98 Å². The minimum atomic E-state index is -0.784. The number of hydrogen-bond acceptors (Lipinski definition) is 7. The molecule has 2 saturated heterocycles. The summed E-state index contributed by atoms with van der Waals surface area (Å²) in [5.74, 6) is -0.403. The minimum Gasteiger partial charge on any atom is -0.481 e. The summed E-state index contributed by atoms with van der Waals surface area (Å²) in [5, 5.41) is 12.1. The van der Waals surface area contributed by atoms with E-state index in [4.69, 9.17) is 0 Å². The Morgan fingerprint density at radius 2 is 2.07 bits per heavy atom. The summed E-state index contributed by atoms with van der Waals surface area (Å²) in [6.07, 6.45) is 8.42. The summed E-state index contributed by atoms with van der Waals surface area (Å²) < 4.78 is 0. The molecule has 1 amide bonds. The molecule has 0 spiro atoms. The number of rotatable bonds is 7. The summed E-state index contributed by atoms with van der Waals surface area (Å²) in [6, 6.07) is 0. The maximum absolute atomic E-state index is 12.8. The van der Waals surface area contributed by atoms with Crippen LogP contribution in [-0.2, 0) is 16.0 Å². The first kappa shape index (κ1) is 18.8. The third-order valence-corrected chi connectivity index (χ3v) is 6.68. The fourth-order valence-corrected chi connectivity index (χ4v) is 5.11. The van der Waals surface area contributed by atoms with Crippen LogP contribution in [0.25, 0.3) is 0 Å². The van der Waals surface area contributed by atoms with Crippen LogP contribution >= 0.6 is 11.3 Å². The highest BCUT2D eigenvalue weighted by Crippen LogP contribution is 2.47. The van der Waals surface area contributed by atoms with E-state index in [2.05, 4.69) is 19.9 Å². The van der Waals surface area contributed by atoms with Gasteiger partial charge in [0.1, 0.15) is 0 Å². The van der Waals surface area contributed by atoms with E-state index < -0.39 is 5.97 Å². The zero-order valence-electron chi connectivity index (χ0n) is 15.5. The van der Waals surface area contributed by atoms with Gasteiger partial charge in [0.2, 0.25) is 5.91 Å². The van der Waals surface area contributed by atoms with Gasteiger partial charge in [0, 0.05) is 80.5 Å². The lowest BCUT2D eigenvalue weighted by atomic mass is 9.77. The largest absolute Gasteiger partial charge is 0.481 e. The van der Waals surface area contributed by atoms with Crippen LogP contribution in [0.1, 0.15) is 25.0 Å². The van der Waals surface area contributed by atoms with E-state index >= 15 is 0 Å². The van der Waals surface area contributed by atoms with Gasteiger partial charge in [-0.2, -0.15) is 0 Å². The first-order valence-corrected chi connectivity index (χ1v) is 10.3. The smallest absolute Gasteiger partial charge is 0.303 e. The number of amides is 1. The summed E-state index contributed by atoms with van der Waals surface area (Å²) in [7, 11) is 0. The topological polar surface area (TPSA) is 99.5 Å². The summed E-state index contributed by atoms with van der Waals surface area (Å²) in [4.78, 5) is 40.8. The van der Waals surface area contributed by atoms with Crippen molar-refractivity contribution in [2.75, 3.05) is 31.1 Å². The number of fused-ring (bicyclic) bond motifs is 1. The minimum absolute atomic E-state index is 0.107. The second-order valence-electron chi connectivity index (χ2n) is 7.62. The molecule has 2 fully saturated rings. The zero-order valence-corrected chi connectivity index (χ0v) is 16.3. The van der Waals surface area contributed by atoms with Crippen LogP contribution in [0.5, 0.6) is 0 Å². The monoisotopic (exact) mass is 401 g/mol. The van der Waals surface area contributed by atoms with Gasteiger partial charge in [0.25, 0.3) is 0 Å². The Balaban J connectivity index is 1.43. The Bertz CT molecular complexity index is 831. The molecule has 0 saturated carbocycles. The lowest BCUT2D eigenvalue weighted by Gasteiger charge is -2.29. The Kier molecular flexibility index (Phi) is 5.25. The van der Waals surface area contributed by atoms with Crippen LogP contribution in [0.15, 0.2) is 30.2 Å². The zero-order chi connectivity index (χ0) is 19.6. The molecule has 0 radical (unpaired) electrons. The maximum Gasteiger partial charge on any atom is 0.303 e. The van der Waals surface area contributed by atoms with Gasteiger partial charge < -0.3 is 14.9 Å². The van der Waals surface area contributed by atoms with Crippen molar-refractivity contribution in [1.82, 2.24) is 19.9 Å². The van der Waals surface area contributed by atoms with Gasteiger partial charge in [-0.1, -0.05) is 0 Å². The second-order valence-corrected chi connectivity index (χ2v) is 8.49. The molecule has 148 valence electrons. The van der Waals surface area contributed by atoms with Crippen molar-refractivity contribution < 1.29 is 14.7 Å². The Labute approximate surface area is 167 Å². The first-order chi connectivity index (χ1) is 13.6. The predicted octanol–water partition coefficient (Wildman–Crippen LogP) is 1.70. The van der Waals surface area contributed by atoms with Gasteiger partial charge in [0.15, 0.2) is 5.13 Å². The molecule has 2 atom stereocenters. The van der Waals surface area contributed by atoms with E-state index in [1.54, 1.807) is 36.1 Å². The number of thiazole rings is 1. The maximum atomic E-state index is 12.8. The first-order valence-electron chi connectivity index (χ1n) is 9.45. The third-order valence-electron chi connectivity index (χ3n) is 5.85. The average Bonchev–Trinajstić information content (AvgIpc) is 3.39. The lowest BCUT2D eigenvalue weighted by molar-refractivity contribution is -0.137. The fraction of sp³-hybridized carbons (Fsp3) is 0.526. The molecular weight excluding hydrogens is 378 g/mol. The fourth-order valence-electron chi connectivity index (χ4n) is 4.45. The number of carbonyl (C=O) groups excluding carboxylic acids is 1. The highest BCUT2D eigenvalue weighted by atomic mass is 32.1. The molecule has 0 aromatic carbocycles. The van der Waals surface area contributed by atoms with Crippen molar-refractivity contribution in [3.8, 4) is 0 Å². The highest BCUT2D eigenvalue weighted by molar-refractivity contribution is 7.13. The van der Waals surface area contributed by atoms with Crippen LogP contribution < -0.4 is 4.90 Å². The number of aliphatic carboxylic acids is 1. The Hall–Kier alpha value is -2.55. The van der Waals surface area contributed by atoms with Gasteiger partial charge >= 0.3 is 5.97 Å². The molecule has 1 N–H and O–H groups in total. The van der Waals surface area contributed by atoms with Crippen LogP contribution in [0, 0.1) is 11.3 Å². The SMILES string of the molecule is O=C(O)CCC12CN(C(=O)CCc3cnccn3)CC1CN(c1nccs1)C2. The van der Waals surface area contributed by atoms with E-state index in [-0.39, 0.29) is 23.7 Å². The van der Waals surface area contributed by atoms with E-state index in [1.807, 2.05) is 10.3 Å². The van der Waals surface area contributed by atoms with Crippen molar-refractivity contribution in [3.63, 3.8) is 0 Å². The van der Waals surface area contributed by atoms with Crippen LogP contribution in [0.4, 0.5) is 5.13 Å². The van der Waals surface area contributed by atoms with Crippen molar-refractivity contribution in [2.24, 2.45) is 11.3 Å². The summed E-state index contributed by atoms with van der Waals surface area (Å²) >= 11 is 1.60. The number of carboxylic acids is 1. The quantitative estimate of drug-likeness (QED) is 0.754. The van der Waals surface area contributed by atoms with E-state index in [0.717, 1.165) is 23.9 Å². The number of likely N-dealkylation sites (tertiary alicyclic amines) is 1. The molecule has 2 aliphatic heterocycles. The van der Waals surface area contributed by atoms with Gasteiger partial charge in [-0.3, -0.25) is 19.6 Å². The molecule has 2 aromatic heterocycles. The van der Waals surface area contributed by atoms with Gasteiger partial charge in [0.05, 0.1) is 5.69 Å². The van der Waals surface area contributed by atoms with Crippen molar-refractivity contribution in [2.45, 2.75) is 25.7 Å². The standard InChI is InChI=1S/C19H23N5O3S/c25-16(2-1-15-9-20-5-6-21-15)23-10-14-11-24(18-22-7-8-28-18)13-19(14,12-23)4-3-17(26)27/h5-9,14H,1-4,10-13H2,(H,26,27). The molecular formula is C19H23N5O3S. The van der Waals surface area contributed by atoms with E-state index in [9.17, 15) is 14.7 Å². The second kappa shape index (κ2) is 7.83. The summed E-state index contributed by atoms with van der Waals surface area (Å²) in [6.45, 7) is 2.88. The van der Waals surface area contributed by atoms with Crippen LogP contribution in [0.3, 0.4) is 0 Å². The summed E-state index contributed by atoms with van der Waals surface area (Å²) in [5.41, 5.74) is 0.637. The molecule has 9 heteroatoms. The molecule has 0 aliphatic carbocycles. The molecule has 2 aromatic rings.